The van der Waals surface area contributed by atoms with Crippen LogP contribution in [-0.2, 0) is 0 Å². The van der Waals surface area contributed by atoms with Crippen LogP contribution in [-0.4, -0.2) is 24.1 Å². The van der Waals surface area contributed by atoms with E-state index in [2.05, 4.69) is 134 Å². The van der Waals surface area contributed by atoms with Crippen molar-refractivity contribution in [2.75, 3.05) is 0 Å². The average molecular weight is 654 g/mol. The lowest BCUT2D eigenvalue weighted by Gasteiger charge is -2.09. The van der Waals surface area contributed by atoms with E-state index in [-0.39, 0.29) is 0 Å². The van der Waals surface area contributed by atoms with Gasteiger partial charge in [-0.25, -0.2) is 0 Å². The molecule has 5 aromatic carbocycles. The monoisotopic (exact) mass is 653 g/mol. The number of hydrogen-bond donors (Lipinski definition) is 0. The highest BCUT2D eigenvalue weighted by atomic mass is 16.3. The minimum absolute atomic E-state index is 0.852. The second-order valence-electron chi connectivity index (χ2n) is 12.9. The molecule has 6 heterocycles. The summed E-state index contributed by atoms with van der Waals surface area (Å²) in [6.45, 7) is 0. The van der Waals surface area contributed by atoms with Gasteiger partial charge in [-0.15, -0.1) is 0 Å². The first-order valence-corrected chi connectivity index (χ1v) is 17.0. The molecule has 0 spiro atoms. The Morgan fingerprint density at radius 3 is 1.51 bits per heavy atom. The largest absolute Gasteiger partial charge is 0.456 e. The first-order valence-electron chi connectivity index (χ1n) is 17.0. The predicted octanol–water partition coefficient (Wildman–Crippen LogP) is 11.3. The lowest BCUT2D eigenvalue weighted by atomic mass is 10.0. The van der Waals surface area contributed by atoms with Crippen molar-refractivity contribution < 1.29 is 4.42 Å². The lowest BCUT2D eigenvalue weighted by molar-refractivity contribution is 0.669. The van der Waals surface area contributed by atoms with Crippen molar-refractivity contribution in [3.05, 3.63) is 164 Å². The zero-order chi connectivity index (χ0) is 33.5. The standard InChI is InChI=1S/C45H27N5O/c1-2-11-39-32(8-1)45-42(12-7-23-48-45)50(39)31-16-20-44-36(27-31)35-26-30(15-19-43(35)51-44)49-40-17-13-28(37-9-3-5-21-46-37)24-33(40)34-25-29(14-18-41(34)49)38-10-4-6-22-47-38/h1-27H. The molecule has 0 amide bonds. The number of furan rings is 1. The van der Waals surface area contributed by atoms with Crippen molar-refractivity contribution in [3.8, 4) is 33.9 Å². The molecule has 0 aliphatic carbocycles. The number of hydrogen-bond acceptors (Lipinski definition) is 4. The van der Waals surface area contributed by atoms with Crippen molar-refractivity contribution in [3.63, 3.8) is 0 Å². The number of para-hydroxylation sites is 1. The molecular formula is C45H27N5O. The van der Waals surface area contributed by atoms with Gasteiger partial charge in [0.2, 0.25) is 0 Å². The highest BCUT2D eigenvalue weighted by Crippen LogP contribution is 2.39. The van der Waals surface area contributed by atoms with Crippen LogP contribution in [0.15, 0.2) is 169 Å². The summed E-state index contributed by atoms with van der Waals surface area (Å²) >= 11 is 0. The van der Waals surface area contributed by atoms with Gasteiger partial charge in [0.15, 0.2) is 0 Å². The van der Waals surface area contributed by atoms with Gasteiger partial charge >= 0.3 is 0 Å². The smallest absolute Gasteiger partial charge is 0.135 e. The van der Waals surface area contributed by atoms with Crippen LogP contribution in [0.3, 0.4) is 0 Å². The first kappa shape index (κ1) is 27.9. The lowest BCUT2D eigenvalue weighted by Crippen LogP contribution is -1.94. The van der Waals surface area contributed by atoms with Crippen LogP contribution < -0.4 is 0 Å². The number of nitrogens with zero attached hydrogens (tertiary/aromatic N) is 5. The van der Waals surface area contributed by atoms with E-state index in [1.807, 2.05) is 48.9 Å². The molecule has 0 atom stereocenters. The van der Waals surface area contributed by atoms with E-state index in [0.29, 0.717) is 0 Å². The van der Waals surface area contributed by atoms with Gasteiger partial charge in [-0.1, -0.05) is 42.5 Å². The van der Waals surface area contributed by atoms with E-state index in [0.717, 1.165) is 99.6 Å². The molecular weight excluding hydrogens is 627 g/mol. The van der Waals surface area contributed by atoms with Crippen LogP contribution in [0, 0.1) is 0 Å². The summed E-state index contributed by atoms with van der Waals surface area (Å²) in [6.07, 6.45) is 5.55. The molecule has 0 unspecified atom stereocenters. The summed E-state index contributed by atoms with van der Waals surface area (Å²) in [7, 11) is 0. The molecule has 0 fully saturated rings. The van der Waals surface area contributed by atoms with Gasteiger partial charge in [0.05, 0.1) is 39.0 Å². The third kappa shape index (κ3) is 4.20. The van der Waals surface area contributed by atoms with Crippen LogP contribution in [0.1, 0.15) is 0 Å². The van der Waals surface area contributed by atoms with Crippen LogP contribution in [0.25, 0.3) is 99.6 Å². The normalized spacial score (nSPS) is 11.9. The van der Waals surface area contributed by atoms with Crippen molar-refractivity contribution in [2.24, 2.45) is 0 Å². The van der Waals surface area contributed by atoms with Gasteiger partial charge in [0.1, 0.15) is 11.2 Å². The molecule has 238 valence electrons. The Balaban J connectivity index is 1.14. The van der Waals surface area contributed by atoms with Crippen molar-refractivity contribution >= 4 is 65.7 Å². The minimum Gasteiger partial charge on any atom is -0.456 e. The van der Waals surface area contributed by atoms with Gasteiger partial charge < -0.3 is 13.6 Å². The maximum Gasteiger partial charge on any atom is 0.135 e. The molecule has 0 aliphatic heterocycles. The fourth-order valence-corrected chi connectivity index (χ4v) is 7.78. The molecule has 0 bridgehead atoms. The van der Waals surface area contributed by atoms with Crippen LogP contribution in [0.4, 0.5) is 0 Å². The fraction of sp³-hybridized carbons (Fsp3) is 0. The summed E-state index contributed by atoms with van der Waals surface area (Å²) in [5.74, 6) is 0. The minimum atomic E-state index is 0.852. The molecule has 0 N–H and O–H groups in total. The summed E-state index contributed by atoms with van der Waals surface area (Å²) in [5.41, 5.74) is 13.3. The zero-order valence-corrected chi connectivity index (χ0v) is 27.2. The molecule has 0 aliphatic rings. The van der Waals surface area contributed by atoms with Crippen LogP contribution in [0.5, 0.6) is 0 Å². The number of rotatable bonds is 4. The van der Waals surface area contributed by atoms with E-state index in [4.69, 9.17) is 9.40 Å². The average Bonchev–Trinajstić information content (AvgIpc) is 3.85. The Morgan fingerprint density at radius 1 is 0.373 bits per heavy atom. The van der Waals surface area contributed by atoms with Gasteiger partial charge in [0.25, 0.3) is 0 Å². The summed E-state index contributed by atoms with van der Waals surface area (Å²) in [4.78, 5) is 14.0. The summed E-state index contributed by atoms with van der Waals surface area (Å²) in [5, 5.41) is 5.58. The molecule has 0 saturated heterocycles. The third-order valence-electron chi connectivity index (χ3n) is 10.1. The maximum atomic E-state index is 6.43. The molecule has 11 rings (SSSR count). The number of aromatic nitrogens is 5. The summed E-state index contributed by atoms with van der Waals surface area (Å²) in [6, 6.07) is 50.9. The molecule has 11 aromatic rings. The Hall–Kier alpha value is -7.05. The Kier molecular flexibility index (Phi) is 5.86. The molecule has 51 heavy (non-hydrogen) atoms. The molecule has 6 nitrogen and oxygen atoms in total. The van der Waals surface area contributed by atoms with E-state index in [1.165, 1.54) is 0 Å². The zero-order valence-electron chi connectivity index (χ0n) is 27.2. The fourth-order valence-electron chi connectivity index (χ4n) is 7.78. The van der Waals surface area contributed by atoms with Crippen molar-refractivity contribution in [1.29, 1.82) is 0 Å². The highest BCUT2D eigenvalue weighted by Gasteiger charge is 2.18. The first-order chi connectivity index (χ1) is 25.3. The second kappa shape index (κ2) is 10.7. The maximum absolute atomic E-state index is 6.43. The summed E-state index contributed by atoms with van der Waals surface area (Å²) < 4.78 is 11.1. The second-order valence-corrected chi connectivity index (χ2v) is 12.9. The Bertz CT molecular complexity index is 2990. The van der Waals surface area contributed by atoms with Gasteiger partial charge in [-0.05, 0) is 103 Å². The number of pyridine rings is 3. The number of benzene rings is 5. The van der Waals surface area contributed by atoms with E-state index in [1.54, 1.807) is 0 Å². The van der Waals surface area contributed by atoms with E-state index < -0.39 is 0 Å². The molecule has 6 heteroatoms. The SMILES string of the molecule is c1ccc(-c2ccc3c(c2)c2cc(-c4ccccn4)ccc2n3-c2ccc3oc4ccc(-n5c6ccccc6c6ncccc65)cc4c3c2)nc1. The molecule has 0 radical (unpaired) electrons. The van der Waals surface area contributed by atoms with Gasteiger partial charge in [-0.2, -0.15) is 0 Å². The van der Waals surface area contributed by atoms with Crippen LogP contribution >= 0.6 is 0 Å². The molecule has 0 saturated carbocycles. The third-order valence-corrected chi connectivity index (χ3v) is 10.1. The van der Waals surface area contributed by atoms with Crippen LogP contribution in [0.2, 0.25) is 0 Å². The van der Waals surface area contributed by atoms with E-state index >= 15 is 0 Å². The highest BCUT2D eigenvalue weighted by molar-refractivity contribution is 6.13. The quantitative estimate of drug-likeness (QED) is 0.190. The topological polar surface area (TPSA) is 61.7 Å². The molecule has 6 aromatic heterocycles. The van der Waals surface area contributed by atoms with Crippen molar-refractivity contribution in [2.45, 2.75) is 0 Å². The van der Waals surface area contributed by atoms with Gasteiger partial charge in [-0.3, -0.25) is 15.0 Å². The predicted molar refractivity (Wildman–Crippen MR) is 207 cm³/mol. The van der Waals surface area contributed by atoms with E-state index in [9.17, 15) is 0 Å². The Labute approximate surface area is 291 Å². The Morgan fingerprint density at radius 2 is 0.902 bits per heavy atom. The van der Waals surface area contributed by atoms with Crippen molar-refractivity contribution in [1.82, 2.24) is 24.1 Å². The number of fused-ring (bicyclic) bond motifs is 9. The van der Waals surface area contributed by atoms with Gasteiger partial charge in [0, 0.05) is 68.0 Å².